The number of amides is 1. The summed E-state index contributed by atoms with van der Waals surface area (Å²) in [6.45, 7) is 6.36. The first-order valence-electron chi connectivity index (χ1n) is 8.79. The fraction of sp³-hybridized carbons (Fsp3) is 0.421. The topological polar surface area (TPSA) is 60.2 Å². The average Bonchev–Trinajstić information content (AvgIpc) is 3.31. The van der Waals surface area contributed by atoms with Crippen LogP contribution in [0.15, 0.2) is 35.2 Å². The first-order valence-corrected chi connectivity index (χ1v) is 9.73. The van der Waals surface area contributed by atoms with Crippen molar-refractivity contribution >= 4 is 28.5 Å². The molecule has 1 aromatic carbocycles. The predicted octanol–water partition coefficient (Wildman–Crippen LogP) is 4.69. The molecule has 1 aliphatic heterocycles. The van der Waals surface area contributed by atoms with Crippen molar-refractivity contribution in [3.63, 3.8) is 0 Å². The maximum absolute atomic E-state index is 12.8. The van der Waals surface area contributed by atoms with Crippen LogP contribution in [0.5, 0.6) is 0 Å². The van der Waals surface area contributed by atoms with Crippen LogP contribution in [0.25, 0.3) is 22.6 Å². The van der Waals surface area contributed by atoms with E-state index in [1.54, 1.807) is 16.8 Å². The van der Waals surface area contributed by atoms with Gasteiger partial charge in [0, 0.05) is 11.9 Å². The quantitative estimate of drug-likeness (QED) is 0.657. The maximum atomic E-state index is 12.8. The van der Waals surface area contributed by atoms with Gasteiger partial charge in [0.15, 0.2) is 5.82 Å². The molecule has 0 aliphatic carbocycles. The Bertz CT molecular complexity index is 927. The summed E-state index contributed by atoms with van der Waals surface area (Å²) in [6, 6.07) is 8.02. The van der Waals surface area contributed by atoms with E-state index in [0.29, 0.717) is 6.54 Å². The standard InChI is InChI=1S/C19H22N4O2S/c1-19(2,3)25-18(24)22-10-6-9-16(22)23-15-8-5-4-7-13(15)21-17(23)14-11-26-12-20-14/h4-5,7-8,11-12,16H,6,9-10H2,1-3H3. The minimum absolute atomic E-state index is 0.117. The van der Waals surface area contributed by atoms with Gasteiger partial charge in [-0.3, -0.25) is 4.90 Å². The SMILES string of the molecule is CC(C)(C)OC(=O)N1CCCC1n1c(-c2cscn2)nc2ccccc21. The number of carbonyl (C=O) groups is 1. The third kappa shape index (κ3) is 3.07. The molecule has 1 amide bonds. The van der Waals surface area contributed by atoms with Crippen LogP contribution in [0.4, 0.5) is 4.79 Å². The molecular formula is C19H22N4O2S. The normalized spacial score (nSPS) is 17.8. The second kappa shape index (κ2) is 6.39. The Morgan fingerprint density at radius 1 is 1.31 bits per heavy atom. The Kier molecular flexibility index (Phi) is 4.19. The number of ether oxygens (including phenoxy) is 1. The van der Waals surface area contributed by atoms with Crippen molar-refractivity contribution in [1.82, 2.24) is 19.4 Å². The molecule has 1 fully saturated rings. The van der Waals surface area contributed by atoms with Gasteiger partial charge in [-0.05, 0) is 45.7 Å². The van der Waals surface area contributed by atoms with Gasteiger partial charge in [-0.25, -0.2) is 14.8 Å². The Morgan fingerprint density at radius 2 is 2.12 bits per heavy atom. The summed E-state index contributed by atoms with van der Waals surface area (Å²) in [7, 11) is 0. The van der Waals surface area contributed by atoms with E-state index in [4.69, 9.17) is 9.72 Å². The zero-order chi connectivity index (χ0) is 18.3. The fourth-order valence-corrected chi connectivity index (χ4v) is 3.93. The minimum atomic E-state index is -0.515. The number of imidazole rings is 1. The lowest BCUT2D eigenvalue weighted by Gasteiger charge is -2.30. The number of benzene rings is 1. The van der Waals surface area contributed by atoms with Crippen molar-refractivity contribution in [2.45, 2.75) is 45.4 Å². The molecule has 6 nitrogen and oxygen atoms in total. The predicted molar refractivity (Wildman–Crippen MR) is 102 cm³/mol. The van der Waals surface area contributed by atoms with E-state index < -0.39 is 5.60 Å². The smallest absolute Gasteiger partial charge is 0.411 e. The third-order valence-corrected chi connectivity index (χ3v) is 4.99. The molecule has 7 heteroatoms. The second-order valence-electron chi connectivity index (χ2n) is 7.46. The van der Waals surface area contributed by atoms with Crippen LogP contribution in [0.3, 0.4) is 0 Å². The van der Waals surface area contributed by atoms with E-state index in [1.807, 2.05) is 55.3 Å². The number of fused-ring (bicyclic) bond motifs is 1. The van der Waals surface area contributed by atoms with E-state index in [-0.39, 0.29) is 12.3 Å². The van der Waals surface area contributed by atoms with Gasteiger partial charge in [0.2, 0.25) is 0 Å². The Morgan fingerprint density at radius 3 is 2.85 bits per heavy atom. The Hall–Kier alpha value is -2.41. The van der Waals surface area contributed by atoms with Crippen molar-refractivity contribution in [3.05, 3.63) is 35.2 Å². The number of carbonyl (C=O) groups excluding carboxylic acids is 1. The lowest BCUT2D eigenvalue weighted by atomic mass is 10.2. The summed E-state index contributed by atoms with van der Waals surface area (Å²) in [5, 5.41) is 1.99. The minimum Gasteiger partial charge on any atom is -0.444 e. The number of thiazole rings is 1. The molecular weight excluding hydrogens is 348 g/mol. The van der Waals surface area contributed by atoms with E-state index >= 15 is 0 Å². The van der Waals surface area contributed by atoms with Gasteiger partial charge in [-0.1, -0.05) is 12.1 Å². The van der Waals surface area contributed by atoms with Crippen LogP contribution in [0.2, 0.25) is 0 Å². The third-order valence-electron chi connectivity index (χ3n) is 4.40. The number of likely N-dealkylation sites (tertiary alicyclic amines) is 1. The Balaban J connectivity index is 1.80. The van der Waals surface area contributed by atoms with Gasteiger partial charge in [-0.2, -0.15) is 0 Å². The maximum Gasteiger partial charge on any atom is 0.411 e. The summed E-state index contributed by atoms with van der Waals surface area (Å²) < 4.78 is 7.77. The lowest BCUT2D eigenvalue weighted by Crippen LogP contribution is -2.38. The molecule has 1 saturated heterocycles. The molecule has 0 N–H and O–H groups in total. The molecule has 0 radical (unpaired) electrons. The van der Waals surface area contributed by atoms with Crippen LogP contribution in [0, 0.1) is 0 Å². The number of aromatic nitrogens is 3. The zero-order valence-electron chi connectivity index (χ0n) is 15.2. The van der Waals surface area contributed by atoms with Crippen molar-refractivity contribution in [1.29, 1.82) is 0 Å². The van der Waals surface area contributed by atoms with Gasteiger partial charge >= 0.3 is 6.09 Å². The van der Waals surface area contributed by atoms with Gasteiger partial charge in [0.25, 0.3) is 0 Å². The second-order valence-corrected chi connectivity index (χ2v) is 8.18. The largest absolute Gasteiger partial charge is 0.444 e. The van der Waals surface area contributed by atoms with E-state index in [1.165, 1.54) is 0 Å². The highest BCUT2D eigenvalue weighted by Crippen LogP contribution is 2.36. The van der Waals surface area contributed by atoms with Crippen LogP contribution in [-0.2, 0) is 4.74 Å². The zero-order valence-corrected chi connectivity index (χ0v) is 16.0. The van der Waals surface area contributed by atoms with Crippen LogP contribution >= 0.6 is 11.3 Å². The highest BCUT2D eigenvalue weighted by atomic mass is 32.1. The molecule has 1 unspecified atom stereocenters. The molecule has 0 spiro atoms. The van der Waals surface area contributed by atoms with E-state index in [2.05, 4.69) is 9.55 Å². The molecule has 4 rings (SSSR count). The number of hydrogen-bond donors (Lipinski definition) is 0. The van der Waals surface area contributed by atoms with Gasteiger partial charge in [0.1, 0.15) is 17.5 Å². The summed E-state index contributed by atoms with van der Waals surface area (Å²) in [4.78, 5) is 23.8. The van der Waals surface area contributed by atoms with Crippen molar-refractivity contribution in [3.8, 4) is 11.5 Å². The molecule has 0 bridgehead atoms. The average molecular weight is 370 g/mol. The fourth-order valence-electron chi connectivity index (χ4n) is 3.40. The molecule has 2 aromatic heterocycles. The van der Waals surface area contributed by atoms with Crippen molar-refractivity contribution in [2.75, 3.05) is 6.54 Å². The summed E-state index contributed by atoms with van der Waals surface area (Å²) in [5.41, 5.74) is 4.04. The molecule has 0 saturated carbocycles. The molecule has 136 valence electrons. The summed E-state index contributed by atoms with van der Waals surface area (Å²) >= 11 is 1.54. The van der Waals surface area contributed by atoms with Crippen LogP contribution < -0.4 is 0 Å². The van der Waals surface area contributed by atoms with Crippen molar-refractivity contribution < 1.29 is 9.53 Å². The summed E-state index contributed by atoms with van der Waals surface area (Å²) in [5.74, 6) is 0.799. The van der Waals surface area contributed by atoms with Gasteiger partial charge < -0.3 is 9.30 Å². The highest BCUT2D eigenvalue weighted by Gasteiger charge is 2.35. The first-order chi connectivity index (χ1) is 12.4. The monoisotopic (exact) mass is 370 g/mol. The molecule has 3 heterocycles. The van der Waals surface area contributed by atoms with E-state index in [9.17, 15) is 4.79 Å². The van der Waals surface area contributed by atoms with Crippen LogP contribution in [0.1, 0.15) is 39.8 Å². The van der Waals surface area contributed by atoms with E-state index in [0.717, 1.165) is 35.4 Å². The van der Waals surface area contributed by atoms with Gasteiger partial charge in [-0.15, -0.1) is 11.3 Å². The molecule has 1 atom stereocenters. The van der Waals surface area contributed by atoms with Crippen LogP contribution in [-0.4, -0.2) is 37.7 Å². The van der Waals surface area contributed by atoms with Crippen molar-refractivity contribution in [2.24, 2.45) is 0 Å². The van der Waals surface area contributed by atoms with Gasteiger partial charge in [0.05, 0.1) is 16.5 Å². The highest BCUT2D eigenvalue weighted by molar-refractivity contribution is 7.07. The summed E-state index contributed by atoms with van der Waals surface area (Å²) in [6.07, 6.45) is 1.42. The lowest BCUT2D eigenvalue weighted by molar-refractivity contribution is 0.0169. The number of nitrogens with zero attached hydrogens (tertiary/aromatic N) is 4. The molecule has 26 heavy (non-hydrogen) atoms. The first kappa shape index (κ1) is 17.0. The molecule has 1 aliphatic rings. The number of hydrogen-bond acceptors (Lipinski definition) is 5. The number of para-hydroxylation sites is 2. The number of rotatable bonds is 2. The molecule has 3 aromatic rings. The Labute approximate surface area is 156 Å².